The average Bonchev–Trinajstić information content (AvgIpc) is 2.16. The number of anilines is 1. The fourth-order valence-electron chi connectivity index (χ4n) is 1.45. The Morgan fingerprint density at radius 2 is 2.14 bits per heavy atom. The topological polar surface area (TPSA) is 63.8 Å². The summed E-state index contributed by atoms with van der Waals surface area (Å²) in [6.07, 6.45) is 0.823. The second kappa shape index (κ2) is 4.09. The van der Waals surface area contributed by atoms with Gasteiger partial charge in [0.25, 0.3) is 0 Å². The molecule has 1 rings (SSSR count). The molecule has 0 aliphatic rings. The lowest BCUT2D eigenvalue weighted by Crippen LogP contribution is -2.35. The van der Waals surface area contributed by atoms with Gasteiger partial charge >= 0.3 is 0 Å². The molecule has 14 heavy (non-hydrogen) atoms. The van der Waals surface area contributed by atoms with Crippen LogP contribution in [0, 0.1) is 0 Å². The summed E-state index contributed by atoms with van der Waals surface area (Å²) in [6, 6.07) is 0. The standard InChI is InChI=1S/C10H16N4/c1-5-8-10(12-4)9(6(2)11)7(3)13-14-8/h12H,3,5,11H2,1-2,4H3. The Hall–Kier alpha value is -1.58. The van der Waals surface area contributed by atoms with Crippen LogP contribution in [-0.4, -0.2) is 17.2 Å². The van der Waals surface area contributed by atoms with Gasteiger partial charge in [-0.1, -0.05) is 13.5 Å². The number of nitrogens with two attached hydrogens (primary N) is 1. The lowest BCUT2D eigenvalue weighted by molar-refractivity contribution is 0.892. The van der Waals surface area contributed by atoms with Gasteiger partial charge in [-0.25, -0.2) is 0 Å². The van der Waals surface area contributed by atoms with Crippen molar-refractivity contribution in [2.75, 3.05) is 12.4 Å². The fraction of sp³-hybridized carbons (Fsp3) is 0.400. The van der Waals surface area contributed by atoms with Crippen LogP contribution in [0.1, 0.15) is 19.5 Å². The van der Waals surface area contributed by atoms with Crippen LogP contribution in [0.3, 0.4) is 0 Å². The summed E-state index contributed by atoms with van der Waals surface area (Å²) in [7, 11) is 1.85. The first kappa shape index (κ1) is 10.5. The van der Waals surface area contributed by atoms with E-state index >= 15 is 0 Å². The first-order valence-electron chi connectivity index (χ1n) is 4.60. The van der Waals surface area contributed by atoms with Gasteiger partial charge in [-0.2, -0.15) is 10.2 Å². The van der Waals surface area contributed by atoms with E-state index in [1.807, 2.05) is 20.9 Å². The highest BCUT2D eigenvalue weighted by molar-refractivity contribution is 5.55. The number of rotatable bonds is 2. The van der Waals surface area contributed by atoms with Crippen molar-refractivity contribution in [1.82, 2.24) is 10.2 Å². The van der Waals surface area contributed by atoms with Gasteiger partial charge in [0, 0.05) is 18.0 Å². The third kappa shape index (κ3) is 1.69. The zero-order chi connectivity index (χ0) is 10.7. The van der Waals surface area contributed by atoms with Gasteiger partial charge < -0.3 is 11.1 Å². The first-order valence-corrected chi connectivity index (χ1v) is 4.60. The van der Waals surface area contributed by atoms with E-state index < -0.39 is 0 Å². The zero-order valence-electron chi connectivity index (χ0n) is 8.89. The Bertz CT molecular complexity index is 432. The highest BCUT2D eigenvalue weighted by atomic mass is 15.1. The van der Waals surface area contributed by atoms with Crippen molar-refractivity contribution in [2.24, 2.45) is 5.73 Å². The van der Waals surface area contributed by atoms with Crippen LogP contribution in [0.25, 0.3) is 12.3 Å². The maximum Gasteiger partial charge on any atom is 0.0896 e. The van der Waals surface area contributed by atoms with Gasteiger partial charge in [-0.3, -0.25) is 0 Å². The summed E-state index contributed by atoms with van der Waals surface area (Å²) in [6.45, 7) is 7.68. The third-order valence-corrected chi connectivity index (χ3v) is 2.10. The van der Waals surface area contributed by atoms with Crippen molar-refractivity contribution in [3.05, 3.63) is 16.3 Å². The van der Waals surface area contributed by atoms with E-state index in [1.165, 1.54) is 0 Å². The molecule has 0 aliphatic heterocycles. The van der Waals surface area contributed by atoms with Crippen LogP contribution in [0.2, 0.25) is 0 Å². The molecule has 1 aromatic heterocycles. The molecule has 1 aromatic rings. The predicted octanol–water partition coefficient (Wildman–Crippen LogP) is -0.422. The summed E-state index contributed by atoms with van der Waals surface area (Å²) in [4.78, 5) is 0. The molecule has 4 heteroatoms. The molecule has 0 amide bonds. The first-order chi connectivity index (χ1) is 6.61. The van der Waals surface area contributed by atoms with Crippen molar-refractivity contribution in [3.8, 4) is 0 Å². The van der Waals surface area contributed by atoms with Crippen molar-refractivity contribution < 1.29 is 0 Å². The van der Waals surface area contributed by atoms with Crippen LogP contribution >= 0.6 is 0 Å². The van der Waals surface area contributed by atoms with Crippen LogP contribution in [0.5, 0.6) is 0 Å². The van der Waals surface area contributed by atoms with E-state index in [0.29, 0.717) is 11.0 Å². The SMILES string of the molecule is C=c1nnc(CC)c(NC)c1=C(C)N. The van der Waals surface area contributed by atoms with Crippen molar-refractivity contribution in [3.63, 3.8) is 0 Å². The Kier molecular flexibility index (Phi) is 3.06. The summed E-state index contributed by atoms with van der Waals surface area (Å²) in [5, 5.41) is 12.6. The van der Waals surface area contributed by atoms with Gasteiger partial charge in [0.1, 0.15) is 0 Å². The number of nitrogens with zero attached hydrogens (tertiary/aromatic N) is 2. The second-order valence-corrected chi connectivity index (χ2v) is 3.13. The summed E-state index contributed by atoms with van der Waals surface area (Å²) in [5.74, 6) is 0. The minimum absolute atomic E-state index is 0.617. The Morgan fingerprint density at radius 3 is 2.57 bits per heavy atom. The Labute approximate surface area is 83.5 Å². The van der Waals surface area contributed by atoms with Crippen LogP contribution in [-0.2, 0) is 6.42 Å². The van der Waals surface area contributed by atoms with Gasteiger partial charge in [0.15, 0.2) is 0 Å². The number of hydrogen-bond acceptors (Lipinski definition) is 4. The Morgan fingerprint density at radius 1 is 1.50 bits per heavy atom. The lowest BCUT2D eigenvalue weighted by atomic mass is 10.2. The highest BCUT2D eigenvalue weighted by Gasteiger charge is 2.04. The highest BCUT2D eigenvalue weighted by Crippen LogP contribution is 2.03. The van der Waals surface area contributed by atoms with Crippen LogP contribution in [0.4, 0.5) is 5.69 Å². The molecule has 0 radical (unpaired) electrons. The van der Waals surface area contributed by atoms with Crippen LogP contribution < -0.4 is 21.6 Å². The molecule has 0 bridgehead atoms. The molecule has 0 saturated heterocycles. The third-order valence-electron chi connectivity index (χ3n) is 2.10. The van der Waals surface area contributed by atoms with Crippen LogP contribution in [0.15, 0.2) is 0 Å². The van der Waals surface area contributed by atoms with Gasteiger partial charge in [0.2, 0.25) is 0 Å². The van der Waals surface area contributed by atoms with E-state index in [1.54, 1.807) is 0 Å². The molecule has 0 unspecified atom stereocenters. The molecule has 0 atom stereocenters. The van der Waals surface area contributed by atoms with E-state index in [-0.39, 0.29) is 0 Å². The van der Waals surface area contributed by atoms with E-state index in [4.69, 9.17) is 5.73 Å². The van der Waals surface area contributed by atoms with Gasteiger partial charge in [-0.15, -0.1) is 0 Å². The molecule has 3 N–H and O–H groups in total. The number of hydrogen-bond donors (Lipinski definition) is 2. The average molecular weight is 192 g/mol. The normalized spacial score (nSPS) is 12.5. The maximum atomic E-state index is 5.78. The number of nitrogens with one attached hydrogen (secondary N) is 1. The molecule has 0 aliphatic carbocycles. The Balaban J connectivity index is 3.70. The minimum Gasteiger partial charge on any atom is -0.402 e. The monoisotopic (exact) mass is 192 g/mol. The summed E-state index contributed by atoms with van der Waals surface area (Å²) >= 11 is 0. The number of aromatic nitrogens is 2. The zero-order valence-corrected chi connectivity index (χ0v) is 8.89. The molecule has 0 saturated carbocycles. The molecule has 1 heterocycles. The fourth-order valence-corrected chi connectivity index (χ4v) is 1.45. The predicted molar refractivity (Wildman–Crippen MR) is 59.0 cm³/mol. The largest absolute Gasteiger partial charge is 0.402 e. The van der Waals surface area contributed by atoms with E-state index in [0.717, 1.165) is 23.0 Å². The van der Waals surface area contributed by atoms with Crippen molar-refractivity contribution >= 4 is 18.0 Å². The molecular weight excluding hydrogens is 176 g/mol. The molecule has 0 fully saturated rings. The molecule has 0 aromatic carbocycles. The molecular formula is C10H16N4. The minimum atomic E-state index is 0.617. The smallest absolute Gasteiger partial charge is 0.0896 e. The molecule has 4 nitrogen and oxygen atoms in total. The quantitative estimate of drug-likeness (QED) is 0.668. The lowest BCUT2D eigenvalue weighted by Gasteiger charge is -2.07. The van der Waals surface area contributed by atoms with E-state index in [2.05, 4.69) is 22.1 Å². The van der Waals surface area contributed by atoms with Gasteiger partial charge in [0.05, 0.1) is 16.7 Å². The molecule has 76 valence electrons. The van der Waals surface area contributed by atoms with Crippen molar-refractivity contribution in [2.45, 2.75) is 20.3 Å². The number of aryl methyl sites for hydroxylation is 1. The van der Waals surface area contributed by atoms with E-state index in [9.17, 15) is 0 Å². The second-order valence-electron chi connectivity index (χ2n) is 3.13. The molecule has 0 spiro atoms. The van der Waals surface area contributed by atoms with Gasteiger partial charge in [-0.05, 0) is 13.3 Å². The maximum absolute atomic E-state index is 5.78. The van der Waals surface area contributed by atoms with Crippen molar-refractivity contribution in [1.29, 1.82) is 0 Å². The summed E-state index contributed by atoms with van der Waals surface area (Å²) in [5.41, 5.74) is 8.35. The summed E-state index contributed by atoms with van der Waals surface area (Å²) < 4.78 is 0.